The Hall–Kier alpha value is -2.71. The molecule has 1 saturated heterocycles. The highest BCUT2D eigenvalue weighted by molar-refractivity contribution is 7.16. The van der Waals surface area contributed by atoms with Crippen LogP contribution < -0.4 is 15.0 Å². The summed E-state index contributed by atoms with van der Waals surface area (Å²) in [5.41, 5.74) is 0.976. The molecule has 3 heterocycles. The van der Waals surface area contributed by atoms with E-state index in [2.05, 4.69) is 31.2 Å². The number of amides is 1. The minimum atomic E-state index is -0.182. The summed E-state index contributed by atoms with van der Waals surface area (Å²) in [5.74, 6) is 1.81. The van der Waals surface area contributed by atoms with Gasteiger partial charge < -0.3 is 15.0 Å². The molecule has 4 rings (SSSR count). The SMILES string of the molecule is COc1ccccc1CNC(=O)C(C)N1CCN(c2ncnc3sccc23)CC1. The summed E-state index contributed by atoms with van der Waals surface area (Å²) in [6.45, 7) is 5.75. The Kier molecular flexibility index (Phi) is 5.92. The van der Waals surface area contributed by atoms with E-state index >= 15 is 0 Å². The Balaban J connectivity index is 1.33. The quantitative estimate of drug-likeness (QED) is 0.672. The second-order valence-electron chi connectivity index (χ2n) is 7.07. The molecule has 1 fully saturated rings. The Morgan fingerprint density at radius 2 is 2.00 bits per heavy atom. The molecule has 3 aromatic rings. The largest absolute Gasteiger partial charge is 0.496 e. The van der Waals surface area contributed by atoms with Gasteiger partial charge in [-0.05, 0) is 24.4 Å². The fraction of sp³-hybridized carbons (Fsp3) is 0.381. The molecule has 1 amide bonds. The molecule has 2 aromatic heterocycles. The zero-order chi connectivity index (χ0) is 20.2. The van der Waals surface area contributed by atoms with E-state index in [1.54, 1.807) is 24.8 Å². The summed E-state index contributed by atoms with van der Waals surface area (Å²) in [5, 5.41) is 6.19. The molecule has 7 nitrogen and oxygen atoms in total. The third-order valence-corrected chi connectivity index (χ3v) is 6.25. The number of para-hydroxylation sites is 1. The van der Waals surface area contributed by atoms with E-state index in [-0.39, 0.29) is 11.9 Å². The van der Waals surface area contributed by atoms with Crippen molar-refractivity contribution in [2.45, 2.75) is 19.5 Å². The predicted molar refractivity (Wildman–Crippen MR) is 116 cm³/mol. The van der Waals surface area contributed by atoms with Crippen molar-refractivity contribution in [2.75, 3.05) is 38.2 Å². The summed E-state index contributed by atoms with van der Waals surface area (Å²) in [4.78, 5) is 27.0. The van der Waals surface area contributed by atoms with Crippen LogP contribution in [0.2, 0.25) is 0 Å². The van der Waals surface area contributed by atoms with Gasteiger partial charge in [-0.2, -0.15) is 0 Å². The minimum Gasteiger partial charge on any atom is -0.496 e. The van der Waals surface area contributed by atoms with Gasteiger partial charge in [0.1, 0.15) is 22.7 Å². The molecule has 152 valence electrons. The van der Waals surface area contributed by atoms with Crippen LogP contribution in [-0.2, 0) is 11.3 Å². The van der Waals surface area contributed by atoms with Crippen LogP contribution in [0.1, 0.15) is 12.5 Å². The molecular formula is C21H25N5O2S. The number of carbonyl (C=O) groups excluding carboxylic acids is 1. The summed E-state index contributed by atoms with van der Waals surface area (Å²) in [6, 6.07) is 9.64. The molecular weight excluding hydrogens is 386 g/mol. The molecule has 0 aliphatic carbocycles. The highest BCUT2D eigenvalue weighted by atomic mass is 32.1. The number of rotatable bonds is 6. The number of ether oxygens (including phenoxy) is 1. The molecule has 1 atom stereocenters. The van der Waals surface area contributed by atoms with Gasteiger partial charge in [0, 0.05) is 38.3 Å². The molecule has 1 aliphatic rings. The molecule has 1 aromatic carbocycles. The Labute approximate surface area is 174 Å². The molecule has 0 radical (unpaired) electrons. The summed E-state index contributed by atoms with van der Waals surface area (Å²) >= 11 is 1.63. The first kappa shape index (κ1) is 19.6. The highest BCUT2D eigenvalue weighted by Crippen LogP contribution is 2.27. The topological polar surface area (TPSA) is 70.6 Å². The number of piperazine rings is 1. The van der Waals surface area contributed by atoms with Crippen molar-refractivity contribution in [3.63, 3.8) is 0 Å². The van der Waals surface area contributed by atoms with Gasteiger partial charge in [-0.3, -0.25) is 9.69 Å². The molecule has 0 saturated carbocycles. The number of carbonyl (C=O) groups is 1. The number of aromatic nitrogens is 2. The van der Waals surface area contributed by atoms with Crippen LogP contribution >= 0.6 is 11.3 Å². The van der Waals surface area contributed by atoms with E-state index in [1.807, 2.05) is 36.6 Å². The van der Waals surface area contributed by atoms with Crippen molar-refractivity contribution < 1.29 is 9.53 Å². The first-order valence-electron chi connectivity index (χ1n) is 9.74. The van der Waals surface area contributed by atoms with Crippen LogP contribution in [0.25, 0.3) is 10.2 Å². The first-order valence-corrected chi connectivity index (χ1v) is 10.6. The van der Waals surface area contributed by atoms with Crippen LogP contribution in [-0.4, -0.2) is 60.1 Å². The maximum atomic E-state index is 12.7. The number of benzene rings is 1. The predicted octanol–water partition coefficient (Wildman–Crippen LogP) is 2.53. The fourth-order valence-corrected chi connectivity index (χ4v) is 4.42. The van der Waals surface area contributed by atoms with Crippen molar-refractivity contribution in [1.82, 2.24) is 20.2 Å². The molecule has 1 N–H and O–H groups in total. The molecule has 0 spiro atoms. The van der Waals surface area contributed by atoms with E-state index in [1.165, 1.54) is 0 Å². The number of anilines is 1. The third-order valence-electron chi connectivity index (χ3n) is 5.43. The van der Waals surface area contributed by atoms with Gasteiger partial charge in [-0.25, -0.2) is 9.97 Å². The Morgan fingerprint density at radius 1 is 1.21 bits per heavy atom. The van der Waals surface area contributed by atoms with Gasteiger partial charge in [-0.1, -0.05) is 18.2 Å². The van der Waals surface area contributed by atoms with E-state index in [9.17, 15) is 4.79 Å². The lowest BCUT2D eigenvalue weighted by atomic mass is 10.1. The number of thiophene rings is 1. The minimum absolute atomic E-state index is 0.0339. The number of nitrogens with zero attached hydrogens (tertiary/aromatic N) is 4. The lowest BCUT2D eigenvalue weighted by molar-refractivity contribution is -0.126. The normalized spacial score (nSPS) is 16.0. The zero-order valence-electron chi connectivity index (χ0n) is 16.7. The van der Waals surface area contributed by atoms with Crippen LogP contribution in [0.3, 0.4) is 0 Å². The average Bonchev–Trinajstić information content (AvgIpc) is 3.26. The zero-order valence-corrected chi connectivity index (χ0v) is 17.5. The van der Waals surface area contributed by atoms with E-state index in [0.29, 0.717) is 6.54 Å². The summed E-state index contributed by atoms with van der Waals surface area (Å²) in [6.07, 6.45) is 1.63. The lowest BCUT2D eigenvalue weighted by Gasteiger charge is -2.38. The van der Waals surface area contributed by atoms with Crippen molar-refractivity contribution in [3.8, 4) is 5.75 Å². The number of nitrogens with one attached hydrogen (secondary N) is 1. The molecule has 1 unspecified atom stereocenters. The smallest absolute Gasteiger partial charge is 0.237 e. The Morgan fingerprint density at radius 3 is 2.79 bits per heavy atom. The summed E-state index contributed by atoms with van der Waals surface area (Å²) < 4.78 is 5.36. The van der Waals surface area contributed by atoms with E-state index in [4.69, 9.17) is 4.74 Å². The van der Waals surface area contributed by atoms with Gasteiger partial charge in [0.2, 0.25) is 5.91 Å². The van der Waals surface area contributed by atoms with E-state index in [0.717, 1.165) is 53.5 Å². The van der Waals surface area contributed by atoms with Crippen LogP contribution in [0.5, 0.6) is 5.75 Å². The second-order valence-corrected chi connectivity index (χ2v) is 7.96. The van der Waals surface area contributed by atoms with Crippen molar-refractivity contribution >= 4 is 33.3 Å². The number of fused-ring (bicyclic) bond motifs is 1. The van der Waals surface area contributed by atoms with Crippen molar-refractivity contribution in [1.29, 1.82) is 0 Å². The Bertz CT molecular complexity index is 984. The summed E-state index contributed by atoms with van der Waals surface area (Å²) in [7, 11) is 1.64. The highest BCUT2D eigenvalue weighted by Gasteiger charge is 2.26. The number of hydrogen-bond acceptors (Lipinski definition) is 7. The molecule has 29 heavy (non-hydrogen) atoms. The van der Waals surface area contributed by atoms with Gasteiger partial charge in [-0.15, -0.1) is 11.3 Å². The average molecular weight is 412 g/mol. The molecule has 8 heteroatoms. The van der Waals surface area contributed by atoms with Crippen LogP contribution in [0.4, 0.5) is 5.82 Å². The molecule has 0 bridgehead atoms. The van der Waals surface area contributed by atoms with Gasteiger partial charge >= 0.3 is 0 Å². The third kappa shape index (κ3) is 4.18. The van der Waals surface area contributed by atoms with Gasteiger partial charge in [0.15, 0.2) is 0 Å². The number of methoxy groups -OCH3 is 1. The maximum absolute atomic E-state index is 12.7. The monoisotopic (exact) mass is 411 g/mol. The van der Waals surface area contributed by atoms with Crippen LogP contribution in [0, 0.1) is 0 Å². The lowest BCUT2D eigenvalue weighted by Crippen LogP contribution is -2.54. The van der Waals surface area contributed by atoms with Crippen molar-refractivity contribution in [2.24, 2.45) is 0 Å². The number of hydrogen-bond donors (Lipinski definition) is 1. The van der Waals surface area contributed by atoms with Gasteiger partial charge in [0.25, 0.3) is 0 Å². The molecule has 1 aliphatic heterocycles. The standard InChI is InChI=1S/C21H25N5O2S/c1-15(20(27)22-13-16-5-3-4-6-18(16)28-2)25-8-10-26(11-9-25)19-17-7-12-29-21(17)24-14-23-19/h3-7,12,14-15H,8-11,13H2,1-2H3,(H,22,27). The fourth-order valence-electron chi connectivity index (χ4n) is 3.69. The van der Waals surface area contributed by atoms with Gasteiger partial charge in [0.05, 0.1) is 18.5 Å². The van der Waals surface area contributed by atoms with Crippen LogP contribution in [0.15, 0.2) is 42.0 Å². The maximum Gasteiger partial charge on any atom is 0.237 e. The first-order chi connectivity index (χ1) is 14.2. The van der Waals surface area contributed by atoms with E-state index < -0.39 is 0 Å². The second kappa shape index (κ2) is 8.75. The van der Waals surface area contributed by atoms with Crippen molar-refractivity contribution in [3.05, 3.63) is 47.6 Å².